The summed E-state index contributed by atoms with van der Waals surface area (Å²) < 4.78 is 28.3. The van der Waals surface area contributed by atoms with Gasteiger partial charge < -0.3 is 0 Å². The number of nitro benzene ring substituents is 1. The van der Waals surface area contributed by atoms with E-state index in [0.717, 1.165) is 25.3 Å². The molecular formula is C17H17F2NO2. The van der Waals surface area contributed by atoms with Crippen LogP contribution in [0.15, 0.2) is 36.4 Å². The number of nitrogens with zero attached hydrogens (tertiary/aromatic N) is 1. The van der Waals surface area contributed by atoms with E-state index in [1.165, 1.54) is 30.3 Å². The van der Waals surface area contributed by atoms with E-state index in [-0.39, 0.29) is 11.3 Å². The zero-order valence-corrected chi connectivity index (χ0v) is 12.3. The predicted octanol–water partition coefficient (Wildman–Crippen LogP) is 5.27. The molecule has 0 aliphatic heterocycles. The Bertz CT molecular complexity index is 669. The summed E-state index contributed by atoms with van der Waals surface area (Å²) in [7, 11) is 0. The third-order valence-corrected chi connectivity index (χ3v) is 3.57. The molecule has 5 heteroatoms. The molecule has 0 aliphatic rings. The van der Waals surface area contributed by atoms with E-state index in [2.05, 4.69) is 6.92 Å². The molecule has 0 saturated heterocycles. The first-order valence-corrected chi connectivity index (χ1v) is 7.25. The maximum absolute atomic E-state index is 14.2. The van der Waals surface area contributed by atoms with Gasteiger partial charge in [-0.25, -0.2) is 8.78 Å². The lowest BCUT2D eigenvalue weighted by Crippen LogP contribution is -1.96. The first kappa shape index (κ1) is 16.1. The molecule has 0 aliphatic carbocycles. The molecule has 116 valence electrons. The number of rotatable bonds is 6. The van der Waals surface area contributed by atoms with Crippen molar-refractivity contribution >= 4 is 5.69 Å². The molecule has 22 heavy (non-hydrogen) atoms. The maximum atomic E-state index is 14.2. The van der Waals surface area contributed by atoms with Crippen LogP contribution < -0.4 is 0 Å². The van der Waals surface area contributed by atoms with Crippen LogP contribution in [0.2, 0.25) is 0 Å². The van der Waals surface area contributed by atoms with Crippen molar-refractivity contribution in [3.8, 4) is 11.1 Å². The van der Waals surface area contributed by atoms with Crippen molar-refractivity contribution < 1.29 is 13.7 Å². The Morgan fingerprint density at radius 2 is 1.73 bits per heavy atom. The van der Waals surface area contributed by atoms with Crippen LogP contribution in [-0.2, 0) is 6.42 Å². The van der Waals surface area contributed by atoms with Gasteiger partial charge in [-0.2, -0.15) is 0 Å². The van der Waals surface area contributed by atoms with Gasteiger partial charge in [0.05, 0.1) is 4.92 Å². The summed E-state index contributed by atoms with van der Waals surface area (Å²) in [6.45, 7) is 2.05. The Morgan fingerprint density at radius 3 is 2.32 bits per heavy atom. The summed E-state index contributed by atoms with van der Waals surface area (Å²) in [5, 5.41) is 10.6. The number of benzene rings is 2. The third-order valence-electron chi connectivity index (χ3n) is 3.57. The van der Waals surface area contributed by atoms with Gasteiger partial charge in [-0.05, 0) is 48.2 Å². The van der Waals surface area contributed by atoms with Gasteiger partial charge in [0.25, 0.3) is 5.69 Å². The van der Waals surface area contributed by atoms with Gasteiger partial charge in [-0.3, -0.25) is 10.1 Å². The maximum Gasteiger partial charge on any atom is 0.269 e. The van der Waals surface area contributed by atoms with Crippen LogP contribution in [0.25, 0.3) is 11.1 Å². The Balaban J connectivity index is 2.28. The van der Waals surface area contributed by atoms with Gasteiger partial charge in [0.15, 0.2) is 0 Å². The summed E-state index contributed by atoms with van der Waals surface area (Å²) in [5.74, 6) is -0.951. The topological polar surface area (TPSA) is 43.1 Å². The average Bonchev–Trinajstić information content (AvgIpc) is 2.50. The van der Waals surface area contributed by atoms with Crippen LogP contribution in [-0.4, -0.2) is 4.92 Å². The van der Waals surface area contributed by atoms with Crippen LogP contribution in [0, 0.1) is 21.7 Å². The Morgan fingerprint density at radius 1 is 1.05 bits per heavy atom. The van der Waals surface area contributed by atoms with Gasteiger partial charge >= 0.3 is 0 Å². The average molecular weight is 305 g/mol. The number of unbranched alkanes of at least 4 members (excludes halogenated alkanes) is 2. The molecule has 3 nitrogen and oxygen atoms in total. The second-order valence-corrected chi connectivity index (χ2v) is 5.18. The molecule has 2 rings (SSSR count). The summed E-state index contributed by atoms with van der Waals surface area (Å²) >= 11 is 0. The van der Waals surface area contributed by atoms with E-state index in [0.29, 0.717) is 17.5 Å². The van der Waals surface area contributed by atoms with Gasteiger partial charge in [-0.1, -0.05) is 19.8 Å². The van der Waals surface area contributed by atoms with Gasteiger partial charge in [0.1, 0.15) is 11.6 Å². The summed E-state index contributed by atoms with van der Waals surface area (Å²) in [4.78, 5) is 10.1. The minimum atomic E-state index is -0.530. The zero-order chi connectivity index (χ0) is 16.1. The van der Waals surface area contributed by atoms with E-state index in [9.17, 15) is 18.9 Å². The lowest BCUT2D eigenvalue weighted by molar-refractivity contribution is -0.384. The number of hydrogen-bond donors (Lipinski definition) is 0. The van der Waals surface area contributed by atoms with Crippen molar-refractivity contribution in [1.29, 1.82) is 0 Å². The highest BCUT2D eigenvalue weighted by atomic mass is 19.1. The molecule has 0 amide bonds. The summed E-state index contributed by atoms with van der Waals surface area (Å²) in [6.07, 6.45) is 3.33. The molecular weight excluding hydrogens is 288 g/mol. The van der Waals surface area contributed by atoms with Gasteiger partial charge in [0, 0.05) is 17.7 Å². The fourth-order valence-electron chi connectivity index (χ4n) is 2.33. The molecule has 0 spiro atoms. The molecule has 0 fully saturated rings. The van der Waals surface area contributed by atoms with Crippen LogP contribution in [0.1, 0.15) is 31.7 Å². The number of nitro groups is 1. The monoisotopic (exact) mass is 305 g/mol. The minimum absolute atomic E-state index is 0.0826. The molecule has 0 radical (unpaired) electrons. The van der Waals surface area contributed by atoms with Crippen LogP contribution >= 0.6 is 0 Å². The van der Waals surface area contributed by atoms with E-state index in [1.807, 2.05) is 0 Å². The quantitative estimate of drug-likeness (QED) is 0.414. The van der Waals surface area contributed by atoms with E-state index >= 15 is 0 Å². The number of hydrogen-bond acceptors (Lipinski definition) is 2. The van der Waals surface area contributed by atoms with Crippen molar-refractivity contribution in [2.45, 2.75) is 32.6 Å². The first-order valence-electron chi connectivity index (χ1n) is 7.25. The predicted molar refractivity (Wildman–Crippen MR) is 81.7 cm³/mol. The first-order chi connectivity index (χ1) is 10.5. The second-order valence-electron chi connectivity index (χ2n) is 5.18. The standard InChI is InChI=1S/C17H17F2NO2/c1-2-3-4-5-13-10-17(19)15(11-16(13)18)12-6-8-14(9-7-12)20(21)22/h6-11H,2-5H2,1H3. The van der Waals surface area contributed by atoms with Gasteiger partial charge in [-0.15, -0.1) is 0 Å². The molecule has 0 unspecified atom stereocenters. The largest absolute Gasteiger partial charge is 0.269 e. The van der Waals surface area contributed by atoms with E-state index < -0.39 is 16.6 Å². The molecule has 0 aromatic heterocycles. The fourth-order valence-corrected chi connectivity index (χ4v) is 2.33. The van der Waals surface area contributed by atoms with E-state index in [1.54, 1.807) is 0 Å². The lowest BCUT2D eigenvalue weighted by Gasteiger charge is -2.08. The molecule has 2 aromatic rings. The van der Waals surface area contributed by atoms with Crippen molar-refractivity contribution in [3.63, 3.8) is 0 Å². The normalized spacial score (nSPS) is 10.7. The molecule has 0 atom stereocenters. The third kappa shape index (κ3) is 3.67. The fraction of sp³-hybridized carbons (Fsp3) is 0.294. The zero-order valence-electron chi connectivity index (χ0n) is 12.3. The smallest absolute Gasteiger partial charge is 0.258 e. The lowest BCUT2D eigenvalue weighted by atomic mass is 9.99. The van der Waals surface area contributed by atoms with Crippen LogP contribution in [0.3, 0.4) is 0 Å². The Labute approximate surface area is 127 Å². The number of aryl methyl sites for hydroxylation is 1. The SMILES string of the molecule is CCCCCc1cc(F)c(-c2ccc([N+](=O)[O-])cc2)cc1F. The number of non-ortho nitro benzene ring substituents is 1. The van der Waals surface area contributed by atoms with Crippen molar-refractivity contribution in [3.05, 3.63) is 63.7 Å². The molecule has 0 heterocycles. The molecule has 0 N–H and O–H groups in total. The van der Waals surface area contributed by atoms with Crippen LogP contribution in [0.5, 0.6) is 0 Å². The van der Waals surface area contributed by atoms with Crippen molar-refractivity contribution in [2.75, 3.05) is 0 Å². The summed E-state index contributed by atoms with van der Waals surface area (Å²) in [6, 6.07) is 7.79. The highest BCUT2D eigenvalue weighted by Gasteiger charge is 2.13. The number of halogens is 2. The molecule has 0 bridgehead atoms. The van der Waals surface area contributed by atoms with Crippen molar-refractivity contribution in [2.24, 2.45) is 0 Å². The van der Waals surface area contributed by atoms with E-state index in [4.69, 9.17) is 0 Å². The molecule has 0 saturated carbocycles. The van der Waals surface area contributed by atoms with Gasteiger partial charge in [0.2, 0.25) is 0 Å². The molecule has 2 aromatic carbocycles. The van der Waals surface area contributed by atoms with Crippen molar-refractivity contribution in [1.82, 2.24) is 0 Å². The summed E-state index contributed by atoms with van der Waals surface area (Å²) in [5.41, 5.74) is 0.825. The second kappa shape index (κ2) is 7.11. The highest BCUT2D eigenvalue weighted by molar-refractivity contribution is 5.66. The Hall–Kier alpha value is -2.30. The Kier molecular flexibility index (Phi) is 5.20. The van der Waals surface area contributed by atoms with Crippen LogP contribution in [0.4, 0.5) is 14.5 Å². The minimum Gasteiger partial charge on any atom is -0.258 e. The highest BCUT2D eigenvalue weighted by Crippen LogP contribution is 2.28.